The Morgan fingerprint density at radius 1 is 1.33 bits per heavy atom. The molecule has 7 nitrogen and oxygen atoms in total. The molecule has 0 spiro atoms. The summed E-state index contributed by atoms with van der Waals surface area (Å²) in [5.41, 5.74) is 5.72. The normalized spacial score (nSPS) is 10.6. The number of halogens is 1. The number of thioether (sulfide) groups is 1. The maximum absolute atomic E-state index is 12.1. The van der Waals surface area contributed by atoms with E-state index in [4.69, 9.17) is 17.3 Å². The molecule has 2 amide bonds. The topological polar surface area (TPSA) is 103 Å². The molecule has 0 aliphatic heterocycles. The molecule has 9 heteroatoms. The number of carbonyl (C=O) groups is 2. The van der Waals surface area contributed by atoms with Crippen molar-refractivity contribution >= 4 is 40.9 Å². The van der Waals surface area contributed by atoms with Gasteiger partial charge in [0.05, 0.1) is 16.5 Å². The average Bonchev–Trinajstić information content (AvgIpc) is 2.95. The SMILES string of the molecule is CCn1c(CCC(=O)Nc2ccccc2Cl)nnc1SCC(N)=O. The number of benzene rings is 1. The minimum atomic E-state index is -0.411. The number of anilines is 1. The number of aromatic nitrogens is 3. The first-order valence-electron chi connectivity index (χ1n) is 7.38. The number of hydrogen-bond acceptors (Lipinski definition) is 5. The third-order valence-corrected chi connectivity index (χ3v) is 4.50. The molecule has 0 saturated carbocycles. The van der Waals surface area contributed by atoms with Gasteiger partial charge in [-0.25, -0.2) is 0 Å². The molecule has 24 heavy (non-hydrogen) atoms. The number of nitrogens with two attached hydrogens (primary N) is 1. The van der Waals surface area contributed by atoms with Crippen molar-refractivity contribution < 1.29 is 9.59 Å². The van der Waals surface area contributed by atoms with Crippen LogP contribution in [0.3, 0.4) is 0 Å². The van der Waals surface area contributed by atoms with E-state index >= 15 is 0 Å². The fraction of sp³-hybridized carbons (Fsp3) is 0.333. The van der Waals surface area contributed by atoms with Crippen molar-refractivity contribution in [3.63, 3.8) is 0 Å². The number of carbonyl (C=O) groups excluding carboxylic acids is 2. The fourth-order valence-corrected chi connectivity index (χ4v) is 3.01. The molecular formula is C15H18ClN5O2S. The summed E-state index contributed by atoms with van der Waals surface area (Å²) in [5.74, 6) is 0.274. The summed E-state index contributed by atoms with van der Waals surface area (Å²) in [6.07, 6.45) is 0.693. The molecule has 0 fully saturated rings. The first-order valence-corrected chi connectivity index (χ1v) is 8.75. The highest BCUT2D eigenvalue weighted by molar-refractivity contribution is 7.99. The van der Waals surface area contributed by atoms with Gasteiger partial charge in [0, 0.05) is 19.4 Å². The molecule has 0 bridgehead atoms. The third-order valence-electron chi connectivity index (χ3n) is 3.18. The highest BCUT2D eigenvalue weighted by Crippen LogP contribution is 2.21. The van der Waals surface area contributed by atoms with Gasteiger partial charge in [0.1, 0.15) is 5.82 Å². The van der Waals surface area contributed by atoms with Gasteiger partial charge in [-0.15, -0.1) is 10.2 Å². The maximum Gasteiger partial charge on any atom is 0.227 e. The van der Waals surface area contributed by atoms with E-state index < -0.39 is 5.91 Å². The Bertz CT molecular complexity index is 734. The number of amides is 2. The Morgan fingerprint density at radius 2 is 2.08 bits per heavy atom. The van der Waals surface area contributed by atoms with Gasteiger partial charge >= 0.3 is 0 Å². The Labute approximate surface area is 149 Å². The molecule has 1 aromatic heterocycles. The van der Waals surface area contributed by atoms with Crippen LogP contribution in [-0.4, -0.2) is 32.3 Å². The molecule has 0 aliphatic carbocycles. The smallest absolute Gasteiger partial charge is 0.227 e. The van der Waals surface area contributed by atoms with Crippen LogP contribution in [0.15, 0.2) is 29.4 Å². The zero-order valence-electron chi connectivity index (χ0n) is 13.2. The van der Waals surface area contributed by atoms with Crippen LogP contribution >= 0.6 is 23.4 Å². The summed E-state index contributed by atoms with van der Waals surface area (Å²) in [7, 11) is 0. The van der Waals surface area contributed by atoms with Crippen LogP contribution in [0.5, 0.6) is 0 Å². The second-order valence-corrected chi connectivity index (χ2v) is 6.28. The molecule has 0 aliphatic rings. The predicted octanol–water partition coefficient (Wildman–Crippen LogP) is 2.10. The van der Waals surface area contributed by atoms with Crippen LogP contribution in [0, 0.1) is 0 Å². The van der Waals surface area contributed by atoms with Crippen molar-refractivity contribution in [1.29, 1.82) is 0 Å². The summed E-state index contributed by atoms with van der Waals surface area (Å²) in [6.45, 7) is 2.60. The van der Waals surface area contributed by atoms with E-state index in [1.807, 2.05) is 11.5 Å². The Morgan fingerprint density at radius 3 is 2.75 bits per heavy atom. The van der Waals surface area contributed by atoms with E-state index in [0.29, 0.717) is 34.7 Å². The van der Waals surface area contributed by atoms with E-state index in [1.54, 1.807) is 24.3 Å². The molecule has 0 unspecified atom stereocenters. The molecule has 0 saturated heterocycles. The first kappa shape index (κ1) is 18.3. The van der Waals surface area contributed by atoms with Gasteiger partial charge in [0.15, 0.2) is 5.16 Å². The number of hydrogen-bond donors (Lipinski definition) is 2. The van der Waals surface area contributed by atoms with E-state index in [2.05, 4.69) is 15.5 Å². The number of aryl methyl sites for hydroxylation is 1. The van der Waals surface area contributed by atoms with Gasteiger partial charge < -0.3 is 15.6 Å². The van der Waals surface area contributed by atoms with Crippen molar-refractivity contribution in [1.82, 2.24) is 14.8 Å². The minimum absolute atomic E-state index is 0.144. The lowest BCUT2D eigenvalue weighted by Gasteiger charge is -2.08. The van der Waals surface area contributed by atoms with Crippen molar-refractivity contribution in [2.75, 3.05) is 11.1 Å². The summed E-state index contributed by atoms with van der Waals surface area (Å²) in [5, 5.41) is 12.0. The summed E-state index contributed by atoms with van der Waals surface area (Å²) in [4.78, 5) is 22.9. The predicted molar refractivity (Wildman–Crippen MR) is 94.0 cm³/mol. The molecule has 1 heterocycles. The molecule has 0 atom stereocenters. The fourth-order valence-electron chi connectivity index (χ4n) is 2.06. The summed E-state index contributed by atoms with van der Waals surface area (Å²) in [6, 6.07) is 7.06. The molecule has 2 aromatic rings. The molecular weight excluding hydrogens is 350 g/mol. The lowest BCUT2D eigenvalue weighted by molar-refractivity contribution is -0.116. The molecule has 0 radical (unpaired) electrons. The van der Waals surface area contributed by atoms with Crippen molar-refractivity contribution in [3.05, 3.63) is 35.1 Å². The van der Waals surface area contributed by atoms with Crippen LogP contribution < -0.4 is 11.1 Å². The Hall–Kier alpha value is -2.06. The van der Waals surface area contributed by atoms with Gasteiger partial charge in [-0.3, -0.25) is 9.59 Å². The Kier molecular flexibility index (Phi) is 6.62. The van der Waals surface area contributed by atoms with Crippen LogP contribution in [0.2, 0.25) is 5.02 Å². The quantitative estimate of drug-likeness (QED) is 0.695. The number of para-hydroxylation sites is 1. The monoisotopic (exact) mass is 367 g/mol. The number of nitrogens with one attached hydrogen (secondary N) is 1. The highest BCUT2D eigenvalue weighted by atomic mass is 35.5. The van der Waals surface area contributed by atoms with E-state index in [0.717, 1.165) is 0 Å². The molecule has 128 valence electrons. The van der Waals surface area contributed by atoms with E-state index in [1.165, 1.54) is 11.8 Å². The average molecular weight is 368 g/mol. The second kappa shape index (κ2) is 8.70. The maximum atomic E-state index is 12.1. The zero-order valence-corrected chi connectivity index (χ0v) is 14.7. The highest BCUT2D eigenvalue weighted by Gasteiger charge is 2.14. The van der Waals surface area contributed by atoms with Gasteiger partial charge in [-0.05, 0) is 19.1 Å². The number of nitrogens with zero attached hydrogens (tertiary/aromatic N) is 3. The largest absolute Gasteiger partial charge is 0.369 e. The zero-order chi connectivity index (χ0) is 17.5. The first-order chi connectivity index (χ1) is 11.5. The standard InChI is InChI=1S/C15H18ClN5O2S/c1-2-21-13(19-20-15(21)24-9-12(17)22)7-8-14(23)18-11-6-4-3-5-10(11)16/h3-6H,2,7-9H2,1H3,(H2,17,22)(H,18,23). The van der Waals surface area contributed by atoms with Crippen molar-refractivity contribution in [2.24, 2.45) is 5.73 Å². The Balaban J connectivity index is 1.95. The van der Waals surface area contributed by atoms with Crippen LogP contribution in [0.1, 0.15) is 19.2 Å². The van der Waals surface area contributed by atoms with Crippen LogP contribution in [-0.2, 0) is 22.6 Å². The number of primary amides is 1. The lowest BCUT2D eigenvalue weighted by atomic mass is 10.2. The molecule has 2 rings (SSSR count). The molecule has 3 N–H and O–H groups in total. The third kappa shape index (κ3) is 4.97. The van der Waals surface area contributed by atoms with E-state index in [-0.39, 0.29) is 18.1 Å². The van der Waals surface area contributed by atoms with Gasteiger partial charge in [0.2, 0.25) is 11.8 Å². The van der Waals surface area contributed by atoms with E-state index in [9.17, 15) is 9.59 Å². The second-order valence-electron chi connectivity index (χ2n) is 4.93. The summed E-state index contributed by atoms with van der Waals surface area (Å²) < 4.78 is 1.87. The summed E-state index contributed by atoms with van der Waals surface area (Å²) >= 11 is 7.25. The van der Waals surface area contributed by atoms with Gasteiger partial charge in [-0.2, -0.15) is 0 Å². The lowest BCUT2D eigenvalue weighted by Crippen LogP contribution is -2.15. The van der Waals surface area contributed by atoms with Crippen molar-refractivity contribution in [3.8, 4) is 0 Å². The molecule has 1 aromatic carbocycles. The van der Waals surface area contributed by atoms with Crippen LogP contribution in [0.4, 0.5) is 5.69 Å². The minimum Gasteiger partial charge on any atom is -0.369 e. The van der Waals surface area contributed by atoms with Gasteiger partial charge in [-0.1, -0.05) is 35.5 Å². The number of rotatable bonds is 8. The van der Waals surface area contributed by atoms with Crippen LogP contribution in [0.25, 0.3) is 0 Å². The van der Waals surface area contributed by atoms with Crippen molar-refractivity contribution in [2.45, 2.75) is 31.5 Å². The van der Waals surface area contributed by atoms with Gasteiger partial charge in [0.25, 0.3) is 0 Å².